The van der Waals surface area contributed by atoms with E-state index in [1.807, 2.05) is 0 Å². The number of nitrogens with one attached hydrogen (secondary N) is 1. The Morgan fingerprint density at radius 3 is 2.94 bits per heavy atom. The van der Waals surface area contributed by atoms with Crippen LogP contribution in [0.1, 0.15) is 31.7 Å². The predicted octanol–water partition coefficient (Wildman–Crippen LogP) is 3.09. The molecule has 0 atom stereocenters. The lowest BCUT2D eigenvalue weighted by Gasteiger charge is -2.05. The fraction of sp³-hybridized carbons (Fsp3) is 0.692. The van der Waals surface area contributed by atoms with Crippen molar-refractivity contribution in [2.75, 3.05) is 26.3 Å². The molecule has 3 heteroatoms. The third-order valence-electron chi connectivity index (χ3n) is 2.49. The third-order valence-corrected chi connectivity index (χ3v) is 3.22. The van der Waals surface area contributed by atoms with Crippen molar-refractivity contribution in [2.45, 2.75) is 32.6 Å². The van der Waals surface area contributed by atoms with Crippen LogP contribution >= 0.6 is 11.3 Å². The molecule has 0 aliphatic heterocycles. The minimum atomic E-state index is 0.841. The Morgan fingerprint density at radius 2 is 2.19 bits per heavy atom. The molecule has 2 nitrogen and oxygen atoms in total. The van der Waals surface area contributed by atoms with Gasteiger partial charge in [-0.1, -0.05) is 19.8 Å². The molecule has 1 N–H and O–H groups in total. The smallest absolute Gasteiger partial charge is 0.0590 e. The molecular formula is C13H23NOS. The number of unbranched alkanes of at least 4 members (excludes halogenated alkanes) is 2. The highest BCUT2D eigenvalue weighted by Crippen LogP contribution is 2.05. The number of rotatable bonds is 10. The molecule has 92 valence electrons. The van der Waals surface area contributed by atoms with E-state index in [1.165, 1.54) is 24.8 Å². The van der Waals surface area contributed by atoms with Crippen molar-refractivity contribution >= 4 is 11.3 Å². The van der Waals surface area contributed by atoms with Gasteiger partial charge in [0, 0.05) is 13.2 Å². The Bertz CT molecular complexity index is 236. The van der Waals surface area contributed by atoms with E-state index in [4.69, 9.17) is 4.74 Å². The number of ether oxygens (including phenoxy) is 1. The molecule has 0 aliphatic carbocycles. The van der Waals surface area contributed by atoms with Gasteiger partial charge in [0.2, 0.25) is 0 Å². The average Bonchev–Trinajstić information content (AvgIpc) is 2.80. The predicted molar refractivity (Wildman–Crippen MR) is 71.2 cm³/mol. The summed E-state index contributed by atoms with van der Waals surface area (Å²) in [5, 5.41) is 7.74. The molecule has 1 rings (SSSR count). The number of hydrogen-bond acceptors (Lipinski definition) is 3. The zero-order valence-corrected chi connectivity index (χ0v) is 11.0. The summed E-state index contributed by atoms with van der Waals surface area (Å²) in [4.78, 5) is 0. The Kier molecular flexibility index (Phi) is 8.40. The van der Waals surface area contributed by atoms with Crippen LogP contribution in [0.2, 0.25) is 0 Å². The van der Waals surface area contributed by atoms with Crippen LogP contribution in [0.5, 0.6) is 0 Å². The zero-order chi connectivity index (χ0) is 11.5. The van der Waals surface area contributed by atoms with E-state index >= 15 is 0 Å². The van der Waals surface area contributed by atoms with Crippen molar-refractivity contribution in [2.24, 2.45) is 0 Å². The second kappa shape index (κ2) is 9.82. The van der Waals surface area contributed by atoms with Crippen molar-refractivity contribution in [1.29, 1.82) is 0 Å². The average molecular weight is 241 g/mol. The Morgan fingerprint density at radius 1 is 1.25 bits per heavy atom. The molecule has 1 aromatic rings. The fourth-order valence-corrected chi connectivity index (χ4v) is 2.20. The van der Waals surface area contributed by atoms with Gasteiger partial charge in [0.05, 0.1) is 6.61 Å². The van der Waals surface area contributed by atoms with Crippen molar-refractivity contribution in [3.8, 4) is 0 Å². The van der Waals surface area contributed by atoms with Gasteiger partial charge in [-0.25, -0.2) is 0 Å². The lowest BCUT2D eigenvalue weighted by Crippen LogP contribution is -2.22. The molecule has 1 heterocycles. The molecule has 0 spiro atoms. The number of hydrogen-bond donors (Lipinski definition) is 1. The lowest BCUT2D eigenvalue weighted by molar-refractivity contribution is 0.132. The van der Waals surface area contributed by atoms with Gasteiger partial charge >= 0.3 is 0 Å². The molecule has 0 radical (unpaired) electrons. The second-order valence-corrected chi connectivity index (χ2v) is 4.73. The van der Waals surface area contributed by atoms with Crippen molar-refractivity contribution in [3.05, 3.63) is 22.4 Å². The van der Waals surface area contributed by atoms with Gasteiger partial charge in [-0.05, 0) is 41.8 Å². The van der Waals surface area contributed by atoms with Gasteiger partial charge in [-0.2, -0.15) is 11.3 Å². The molecule has 0 aromatic carbocycles. The summed E-state index contributed by atoms with van der Waals surface area (Å²) in [5.41, 5.74) is 1.43. The Labute approximate surface area is 103 Å². The summed E-state index contributed by atoms with van der Waals surface area (Å²) in [7, 11) is 0. The summed E-state index contributed by atoms with van der Waals surface area (Å²) in [6, 6.07) is 2.19. The van der Waals surface area contributed by atoms with E-state index in [-0.39, 0.29) is 0 Å². The van der Waals surface area contributed by atoms with Crippen LogP contribution in [-0.4, -0.2) is 26.3 Å². The molecule has 0 unspecified atom stereocenters. The molecule has 0 bridgehead atoms. The van der Waals surface area contributed by atoms with E-state index < -0.39 is 0 Å². The highest BCUT2D eigenvalue weighted by molar-refractivity contribution is 7.07. The largest absolute Gasteiger partial charge is 0.380 e. The Balaban J connectivity index is 1.78. The van der Waals surface area contributed by atoms with Gasteiger partial charge in [0.15, 0.2) is 0 Å². The first-order valence-electron chi connectivity index (χ1n) is 6.23. The van der Waals surface area contributed by atoms with E-state index in [1.54, 1.807) is 11.3 Å². The van der Waals surface area contributed by atoms with Gasteiger partial charge < -0.3 is 10.1 Å². The first kappa shape index (κ1) is 13.7. The highest BCUT2D eigenvalue weighted by Gasteiger charge is 1.93. The SMILES string of the molecule is CCCCCOCCNCCc1ccsc1. The van der Waals surface area contributed by atoms with Crippen molar-refractivity contribution < 1.29 is 4.74 Å². The molecule has 0 saturated heterocycles. The van der Waals surface area contributed by atoms with E-state index in [2.05, 4.69) is 29.1 Å². The molecule has 0 fully saturated rings. The van der Waals surface area contributed by atoms with E-state index in [0.717, 1.165) is 32.7 Å². The quantitative estimate of drug-likeness (QED) is 0.636. The van der Waals surface area contributed by atoms with Crippen LogP contribution < -0.4 is 5.32 Å². The fourth-order valence-electron chi connectivity index (χ4n) is 1.49. The summed E-state index contributed by atoms with van der Waals surface area (Å²) in [6.07, 6.45) is 4.87. The molecule has 16 heavy (non-hydrogen) atoms. The standard InChI is InChI=1S/C13H23NOS/c1-2-3-4-9-15-10-8-14-7-5-13-6-11-16-12-13/h6,11-12,14H,2-5,7-10H2,1H3. The van der Waals surface area contributed by atoms with Crippen molar-refractivity contribution in [3.63, 3.8) is 0 Å². The van der Waals surface area contributed by atoms with Gasteiger partial charge in [-0.15, -0.1) is 0 Å². The summed E-state index contributed by atoms with van der Waals surface area (Å²) >= 11 is 1.77. The maximum absolute atomic E-state index is 5.51. The molecule has 0 amide bonds. The number of thiophene rings is 1. The minimum Gasteiger partial charge on any atom is -0.380 e. The molecule has 0 saturated carbocycles. The topological polar surface area (TPSA) is 21.3 Å². The summed E-state index contributed by atoms with van der Waals surface area (Å²) < 4.78 is 5.51. The maximum atomic E-state index is 5.51. The normalized spacial score (nSPS) is 10.8. The maximum Gasteiger partial charge on any atom is 0.0590 e. The van der Waals surface area contributed by atoms with Gasteiger partial charge in [0.1, 0.15) is 0 Å². The van der Waals surface area contributed by atoms with Crippen molar-refractivity contribution in [1.82, 2.24) is 5.32 Å². The van der Waals surface area contributed by atoms with Crippen LogP contribution in [0.15, 0.2) is 16.8 Å². The van der Waals surface area contributed by atoms with Crippen LogP contribution in [0.3, 0.4) is 0 Å². The van der Waals surface area contributed by atoms with Gasteiger partial charge in [-0.3, -0.25) is 0 Å². The molecule has 1 aromatic heterocycles. The summed E-state index contributed by atoms with van der Waals surface area (Å²) in [5.74, 6) is 0. The monoisotopic (exact) mass is 241 g/mol. The minimum absolute atomic E-state index is 0.841. The molecule has 0 aliphatic rings. The zero-order valence-electron chi connectivity index (χ0n) is 10.2. The van der Waals surface area contributed by atoms with Gasteiger partial charge in [0.25, 0.3) is 0 Å². The first-order chi connectivity index (χ1) is 7.93. The second-order valence-electron chi connectivity index (χ2n) is 3.95. The first-order valence-corrected chi connectivity index (χ1v) is 7.17. The summed E-state index contributed by atoms with van der Waals surface area (Å²) in [6.45, 7) is 5.99. The lowest BCUT2D eigenvalue weighted by atomic mass is 10.2. The van der Waals surface area contributed by atoms with Crippen LogP contribution in [0, 0.1) is 0 Å². The van der Waals surface area contributed by atoms with E-state index in [9.17, 15) is 0 Å². The van der Waals surface area contributed by atoms with Crippen LogP contribution in [0.25, 0.3) is 0 Å². The van der Waals surface area contributed by atoms with E-state index in [0.29, 0.717) is 0 Å². The molecular weight excluding hydrogens is 218 g/mol. The van der Waals surface area contributed by atoms with Crippen LogP contribution in [-0.2, 0) is 11.2 Å². The Hall–Kier alpha value is -0.380. The van der Waals surface area contributed by atoms with Crippen LogP contribution in [0.4, 0.5) is 0 Å². The third kappa shape index (κ3) is 6.99. The highest BCUT2D eigenvalue weighted by atomic mass is 32.1.